The van der Waals surface area contributed by atoms with Crippen molar-refractivity contribution in [2.45, 2.75) is 18.9 Å². The molecule has 1 aliphatic heterocycles. The van der Waals surface area contributed by atoms with E-state index in [1.165, 1.54) is 6.07 Å². The van der Waals surface area contributed by atoms with Crippen molar-refractivity contribution in [1.82, 2.24) is 14.8 Å². The second-order valence-corrected chi connectivity index (χ2v) is 3.91. The molecule has 0 unspecified atom stereocenters. The first-order chi connectivity index (χ1) is 7.75. The van der Waals surface area contributed by atoms with Gasteiger partial charge in [-0.1, -0.05) is 18.2 Å². The first-order valence-corrected chi connectivity index (χ1v) is 5.21. The van der Waals surface area contributed by atoms with E-state index in [0.717, 1.165) is 18.7 Å². The van der Waals surface area contributed by atoms with Gasteiger partial charge in [0.25, 0.3) is 0 Å². The summed E-state index contributed by atoms with van der Waals surface area (Å²) in [5.74, 6) is 0.899. The van der Waals surface area contributed by atoms with Crippen LogP contribution in [0.25, 0.3) is 0 Å². The maximum Gasteiger partial charge on any atom is 0.239 e. The summed E-state index contributed by atoms with van der Waals surface area (Å²) in [4.78, 5) is 4.10. The molecule has 0 spiro atoms. The molecule has 0 radical (unpaired) electrons. The molecule has 0 saturated heterocycles. The highest BCUT2D eigenvalue weighted by Crippen LogP contribution is 2.31. The van der Waals surface area contributed by atoms with E-state index in [2.05, 4.69) is 10.1 Å². The van der Waals surface area contributed by atoms with E-state index in [0.29, 0.717) is 5.56 Å². The second-order valence-electron chi connectivity index (χ2n) is 3.91. The molecule has 0 fully saturated rings. The fraction of sp³-hybridized carbons (Fsp3) is 0.273. The van der Waals surface area contributed by atoms with Crippen LogP contribution in [0.15, 0.2) is 24.3 Å². The highest BCUT2D eigenvalue weighted by Gasteiger charge is 2.28. The number of nitrogen functional groups attached to an aromatic ring is 1. The predicted octanol–water partition coefficient (Wildman–Crippen LogP) is 1.53. The van der Waals surface area contributed by atoms with Gasteiger partial charge in [-0.25, -0.2) is 9.07 Å². The lowest BCUT2D eigenvalue weighted by Crippen LogP contribution is -2.09. The van der Waals surface area contributed by atoms with Crippen molar-refractivity contribution in [3.8, 4) is 0 Å². The van der Waals surface area contributed by atoms with Crippen LogP contribution in [0.2, 0.25) is 0 Å². The third-order valence-corrected chi connectivity index (χ3v) is 2.92. The van der Waals surface area contributed by atoms with Crippen LogP contribution in [0.4, 0.5) is 10.3 Å². The van der Waals surface area contributed by atoms with Crippen molar-refractivity contribution in [2.75, 3.05) is 5.73 Å². The van der Waals surface area contributed by atoms with E-state index in [-0.39, 0.29) is 17.8 Å². The van der Waals surface area contributed by atoms with E-state index in [4.69, 9.17) is 5.73 Å². The van der Waals surface area contributed by atoms with Crippen LogP contribution in [0, 0.1) is 5.82 Å². The van der Waals surface area contributed by atoms with Crippen LogP contribution in [-0.2, 0) is 6.42 Å². The molecule has 1 aliphatic rings. The van der Waals surface area contributed by atoms with Crippen LogP contribution in [0.3, 0.4) is 0 Å². The Hall–Kier alpha value is -1.91. The molecule has 1 aromatic heterocycles. The largest absolute Gasteiger partial charge is 0.366 e. The number of nitrogens with two attached hydrogens (primary N) is 1. The molecule has 0 bridgehead atoms. The number of aromatic nitrogens is 3. The summed E-state index contributed by atoms with van der Waals surface area (Å²) in [6.07, 6.45) is 1.62. The van der Waals surface area contributed by atoms with Gasteiger partial charge in [0.1, 0.15) is 11.6 Å². The topological polar surface area (TPSA) is 56.7 Å². The molecule has 2 aromatic rings. The average molecular weight is 218 g/mol. The summed E-state index contributed by atoms with van der Waals surface area (Å²) >= 11 is 0. The molecule has 3 rings (SSSR count). The predicted molar refractivity (Wildman–Crippen MR) is 57.3 cm³/mol. The minimum absolute atomic E-state index is 0.0685. The molecular formula is C11H11FN4. The van der Waals surface area contributed by atoms with Gasteiger partial charge in [0.2, 0.25) is 5.95 Å². The second kappa shape index (κ2) is 3.30. The number of rotatable bonds is 1. The lowest BCUT2D eigenvalue weighted by Gasteiger charge is -2.12. The van der Waals surface area contributed by atoms with Crippen molar-refractivity contribution >= 4 is 5.95 Å². The van der Waals surface area contributed by atoms with Gasteiger partial charge in [0, 0.05) is 12.0 Å². The maximum atomic E-state index is 13.6. The zero-order valence-electron chi connectivity index (χ0n) is 8.60. The first kappa shape index (κ1) is 9.33. The van der Waals surface area contributed by atoms with Gasteiger partial charge >= 0.3 is 0 Å². The normalized spacial score (nSPS) is 18.7. The van der Waals surface area contributed by atoms with E-state index >= 15 is 0 Å². The summed E-state index contributed by atoms with van der Waals surface area (Å²) in [5.41, 5.74) is 6.19. The summed E-state index contributed by atoms with van der Waals surface area (Å²) in [6.45, 7) is 0. The van der Waals surface area contributed by atoms with Gasteiger partial charge in [0.15, 0.2) is 0 Å². The molecule has 2 N–H and O–H groups in total. The molecule has 0 aliphatic carbocycles. The zero-order chi connectivity index (χ0) is 11.1. The summed E-state index contributed by atoms with van der Waals surface area (Å²) < 4.78 is 15.4. The Balaban J connectivity index is 2.07. The average Bonchev–Trinajstić information content (AvgIpc) is 2.78. The van der Waals surface area contributed by atoms with Gasteiger partial charge in [0.05, 0.1) is 6.04 Å². The third-order valence-electron chi connectivity index (χ3n) is 2.92. The number of halogens is 1. The Kier molecular flexibility index (Phi) is 1.92. The summed E-state index contributed by atoms with van der Waals surface area (Å²) in [7, 11) is 0. The van der Waals surface area contributed by atoms with Gasteiger partial charge < -0.3 is 5.73 Å². The molecule has 1 atom stereocenters. The zero-order valence-corrected chi connectivity index (χ0v) is 8.60. The summed E-state index contributed by atoms with van der Waals surface area (Å²) in [6, 6.07) is 6.70. The highest BCUT2D eigenvalue weighted by molar-refractivity contribution is 5.26. The lowest BCUT2D eigenvalue weighted by molar-refractivity contribution is 0.514. The molecule has 4 nitrogen and oxygen atoms in total. The number of anilines is 1. The quantitative estimate of drug-likeness (QED) is 0.789. The van der Waals surface area contributed by atoms with Crippen molar-refractivity contribution in [1.29, 1.82) is 0 Å². The van der Waals surface area contributed by atoms with Crippen molar-refractivity contribution in [2.24, 2.45) is 0 Å². The standard InChI is InChI=1S/C11H11FN4/c12-8-4-2-1-3-7(8)9-5-6-10-14-11(13)15-16(9)10/h1-4,9H,5-6H2,(H2,13,15)/t9-/m0/s1. The van der Waals surface area contributed by atoms with Gasteiger partial charge in [-0.15, -0.1) is 5.10 Å². The molecule has 16 heavy (non-hydrogen) atoms. The Morgan fingerprint density at radius 2 is 2.19 bits per heavy atom. The van der Waals surface area contributed by atoms with Gasteiger partial charge in [-0.3, -0.25) is 0 Å². The Bertz CT molecular complexity index is 535. The number of benzene rings is 1. The Morgan fingerprint density at radius 1 is 1.38 bits per heavy atom. The maximum absolute atomic E-state index is 13.6. The Morgan fingerprint density at radius 3 is 3.00 bits per heavy atom. The number of hydrogen-bond acceptors (Lipinski definition) is 3. The number of hydrogen-bond donors (Lipinski definition) is 1. The number of fused-ring (bicyclic) bond motifs is 1. The van der Waals surface area contributed by atoms with Crippen LogP contribution in [0.5, 0.6) is 0 Å². The first-order valence-electron chi connectivity index (χ1n) is 5.21. The molecule has 5 heteroatoms. The van der Waals surface area contributed by atoms with Gasteiger partial charge in [-0.05, 0) is 12.5 Å². The van der Waals surface area contributed by atoms with E-state index in [9.17, 15) is 4.39 Å². The number of aryl methyl sites for hydroxylation is 1. The van der Waals surface area contributed by atoms with Crippen LogP contribution in [-0.4, -0.2) is 14.8 Å². The fourth-order valence-corrected chi connectivity index (χ4v) is 2.21. The Labute approximate surface area is 91.9 Å². The molecule has 1 aromatic carbocycles. The van der Waals surface area contributed by atoms with Crippen molar-refractivity contribution in [3.05, 3.63) is 41.5 Å². The van der Waals surface area contributed by atoms with Gasteiger partial charge in [-0.2, -0.15) is 4.98 Å². The molecule has 0 saturated carbocycles. The van der Waals surface area contributed by atoms with Crippen LogP contribution >= 0.6 is 0 Å². The molecular weight excluding hydrogens is 207 g/mol. The monoisotopic (exact) mass is 218 g/mol. The van der Waals surface area contributed by atoms with Crippen LogP contribution < -0.4 is 5.73 Å². The number of nitrogens with zero attached hydrogens (tertiary/aromatic N) is 3. The molecule has 2 heterocycles. The summed E-state index contributed by atoms with van der Waals surface area (Å²) in [5, 5.41) is 4.11. The SMILES string of the molecule is Nc1nc2n(n1)[C@H](c1ccccc1F)CC2. The third kappa shape index (κ3) is 1.28. The van der Waals surface area contributed by atoms with E-state index in [1.807, 2.05) is 6.07 Å². The molecule has 82 valence electrons. The van der Waals surface area contributed by atoms with E-state index < -0.39 is 0 Å². The van der Waals surface area contributed by atoms with Crippen molar-refractivity contribution < 1.29 is 4.39 Å². The van der Waals surface area contributed by atoms with Crippen LogP contribution in [0.1, 0.15) is 23.9 Å². The lowest BCUT2D eigenvalue weighted by atomic mass is 10.0. The molecule has 0 amide bonds. The smallest absolute Gasteiger partial charge is 0.239 e. The van der Waals surface area contributed by atoms with E-state index in [1.54, 1.807) is 16.8 Å². The highest BCUT2D eigenvalue weighted by atomic mass is 19.1. The van der Waals surface area contributed by atoms with Crippen molar-refractivity contribution in [3.63, 3.8) is 0 Å². The minimum Gasteiger partial charge on any atom is -0.366 e. The fourth-order valence-electron chi connectivity index (χ4n) is 2.21. The minimum atomic E-state index is -0.200.